The molecule has 0 fully saturated rings. The van der Waals surface area contributed by atoms with Gasteiger partial charge in [-0.25, -0.2) is 0 Å². The fourth-order valence-corrected chi connectivity index (χ4v) is 7.37. The van der Waals surface area contributed by atoms with Crippen molar-refractivity contribution in [3.63, 3.8) is 0 Å². The smallest absolute Gasteiger partial charge is 0.258 e. The number of aryl methyl sites for hydroxylation is 1. The number of ether oxygens (including phenoxy) is 2. The van der Waals surface area contributed by atoms with Crippen LogP contribution in [-0.4, -0.2) is 67.4 Å². The Hall–Kier alpha value is -6.43. The molecule has 2 unspecified atom stereocenters. The van der Waals surface area contributed by atoms with Crippen molar-refractivity contribution in [1.29, 1.82) is 0 Å². The van der Waals surface area contributed by atoms with Gasteiger partial charge in [-0.3, -0.25) is 28.8 Å². The summed E-state index contributed by atoms with van der Waals surface area (Å²) in [5.74, 6) is -2.62. The Balaban J connectivity index is 1.27. The second kappa shape index (κ2) is 24.4. The quantitative estimate of drug-likeness (QED) is 0.0333. The zero-order valence-electron chi connectivity index (χ0n) is 36.1. The molecule has 16 nitrogen and oxygen atoms in total. The van der Waals surface area contributed by atoms with Crippen LogP contribution in [0.3, 0.4) is 0 Å². The van der Waals surface area contributed by atoms with Crippen molar-refractivity contribution in [2.45, 2.75) is 44.1 Å². The molecule has 0 aromatic heterocycles. The summed E-state index contributed by atoms with van der Waals surface area (Å²) >= 11 is 31.2. The SMILES string of the molecule is COc1ccc(NC(=O)c2cccc(N=NC(C(C)=O)C(=O)Nc3ccc(NC(=O)C(N=Nc4cccc(C(=O)Nc5ccc(OC)c(CCl)c5)c4Cl)C(C)=O)c(CCCl)c3)c2Cl)cc1CCl. The van der Waals surface area contributed by atoms with Crippen molar-refractivity contribution in [1.82, 2.24) is 0 Å². The lowest BCUT2D eigenvalue weighted by Crippen LogP contribution is -2.32. The van der Waals surface area contributed by atoms with Gasteiger partial charge in [-0.15, -0.1) is 34.8 Å². The van der Waals surface area contributed by atoms with E-state index in [1.165, 1.54) is 68.8 Å². The molecule has 0 radical (unpaired) electrons. The molecule has 0 heterocycles. The molecule has 5 aromatic rings. The summed E-state index contributed by atoms with van der Waals surface area (Å²) in [6.07, 6.45) is 0.200. The number of hydrogen-bond donors (Lipinski definition) is 4. The van der Waals surface area contributed by atoms with Crippen LogP contribution in [0, 0.1) is 0 Å². The lowest BCUT2D eigenvalue weighted by atomic mass is 10.1. The van der Waals surface area contributed by atoms with Crippen molar-refractivity contribution < 1.29 is 38.2 Å². The summed E-state index contributed by atoms with van der Waals surface area (Å²) in [6, 6.07) is 19.9. The highest BCUT2D eigenvalue weighted by atomic mass is 35.5. The summed E-state index contributed by atoms with van der Waals surface area (Å²) in [5, 5.41) is 26.7. The summed E-state index contributed by atoms with van der Waals surface area (Å²) in [5.41, 5.74) is 3.22. The monoisotopic (exact) mass is 1010 g/mol. The highest BCUT2D eigenvalue weighted by Gasteiger charge is 2.27. The molecule has 4 N–H and O–H groups in total. The maximum Gasteiger partial charge on any atom is 0.258 e. The minimum Gasteiger partial charge on any atom is -0.496 e. The topological polar surface area (TPSA) is 218 Å². The second-order valence-electron chi connectivity index (χ2n) is 14.3. The first-order chi connectivity index (χ1) is 32.1. The van der Waals surface area contributed by atoms with E-state index in [0.29, 0.717) is 39.6 Å². The number of benzene rings is 5. The van der Waals surface area contributed by atoms with Gasteiger partial charge >= 0.3 is 0 Å². The van der Waals surface area contributed by atoms with Gasteiger partial charge < -0.3 is 30.7 Å². The summed E-state index contributed by atoms with van der Waals surface area (Å²) in [6.45, 7) is 2.31. The van der Waals surface area contributed by atoms with Crippen LogP contribution >= 0.6 is 58.0 Å². The predicted molar refractivity (Wildman–Crippen MR) is 260 cm³/mol. The number of alkyl halides is 3. The maximum atomic E-state index is 13.5. The van der Waals surface area contributed by atoms with Crippen molar-refractivity contribution in [2.24, 2.45) is 20.5 Å². The van der Waals surface area contributed by atoms with Crippen LogP contribution in [0.1, 0.15) is 51.3 Å². The van der Waals surface area contributed by atoms with Crippen LogP contribution in [0.5, 0.6) is 11.5 Å². The average Bonchev–Trinajstić information content (AvgIpc) is 3.30. The number of halogens is 5. The number of ketones is 2. The number of nitrogens with zero attached hydrogens (tertiary/aromatic N) is 4. The molecule has 0 bridgehead atoms. The van der Waals surface area contributed by atoms with Crippen LogP contribution in [0.4, 0.5) is 34.1 Å². The first-order valence-corrected chi connectivity index (χ1v) is 22.3. The molecule has 67 heavy (non-hydrogen) atoms. The molecule has 0 aliphatic heterocycles. The van der Waals surface area contributed by atoms with Gasteiger partial charge in [-0.2, -0.15) is 20.5 Å². The molecule has 5 aromatic carbocycles. The number of nitrogens with one attached hydrogen (secondary N) is 4. The average molecular weight is 1010 g/mol. The van der Waals surface area contributed by atoms with Gasteiger partial charge in [-0.05, 0) is 105 Å². The maximum absolute atomic E-state index is 13.5. The standard InChI is InChI=1S/C46H41Cl5N8O8/c1-24(60)41(58-56-35-9-5-7-32(39(35)50)43(62)52-30-12-15-37(66-3)27(20-30)22-48)45(64)54-29-11-14-34(26(19-29)17-18-47)55-46(65)42(25(2)61)59-57-36-10-6-8-33(40(36)51)44(63)53-31-13-16-38(67-4)28(21-31)23-49/h5-16,19-21,41-42H,17-18,22-23H2,1-4H3,(H,52,62)(H,53,63)(H,54,64)(H,55,65). The van der Waals surface area contributed by atoms with E-state index in [1.807, 2.05) is 0 Å². The molecule has 0 aliphatic rings. The Kier molecular flexibility index (Phi) is 18.8. The lowest BCUT2D eigenvalue weighted by molar-refractivity contribution is -0.127. The number of hydrogen-bond acceptors (Lipinski definition) is 12. The molecule has 21 heteroatoms. The van der Waals surface area contributed by atoms with E-state index in [0.717, 1.165) is 13.8 Å². The molecular formula is C46H41Cl5N8O8. The highest BCUT2D eigenvalue weighted by Crippen LogP contribution is 2.33. The number of azo groups is 2. The first-order valence-electron chi connectivity index (χ1n) is 19.9. The normalized spacial score (nSPS) is 12.0. The Labute approximate surface area is 409 Å². The van der Waals surface area contributed by atoms with Gasteiger partial charge in [0.25, 0.3) is 23.6 Å². The summed E-state index contributed by atoms with van der Waals surface area (Å²) in [7, 11) is 3.01. The largest absolute Gasteiger partial charge is 0.496 e. The third-order valence-corrected chi connectivity index (χ3v) is 11.2. The number of carbonyl (C=O) groups is 6. The zero-order valence-corrected chi connectivity index (χ0v) is 39.9. The molecule has 0 aliphatic carbocycles. The van der Waals surface area contributed by atoms with Crippen LogP contribution < -0.4 is 30.7 Å². The van der Waals surface area contributed by atoms with Gasteiger partial charge in [0.15, 0.2) is 11.6 Å². The Morgan fingerprint density at radius 2 is 0.970 bits per heavy atom. The van der Waals surface area contributed by atoms with Crippen LogP contribution in [-0.2, 0) is 37.4 Å². The van der Waals surface area contributed by atoms with Gasteiger partial charge in [0.2, 0.25) is 12.1 Å². The number of amides is 4. The van der Waals surface area contributed by atoms with Crippen molar-refractivity contribution in [3.8, 4) is 11.5 Å². The van der Waals surface area contributed by atoms with Gasteiger partial charge in [0.05, 0.1) is 47.2 Å². The van der Waals surface area contributed by atoms with E-state index in [1.54, 1.807) is 36.4 Å². The molecule has 0 saturated heterocycles. The summed E-state index contributed by atoms with van der Waals surface area (Å²) in [4.78, 5) is 78.7. The minimum absolute atomic E-state index is 0.0161. The number of methoxy groups -OCH3 is 2. The third kappa shape index (κ3) is 13.4. The third-order valence-electron chi connectivity index (χ3n) is 9.63. The number of Topliss-reactive ketones (excluding diaryl/α,β-unsaturated/α-hetero) is 2. The van der Waals surface area contributed by atoms with Crippen LogP contribution in [0.2, 0.25) is 10.0 Å². The molecule has 5 rings (SSSR count). The predicted octanol–water partition coefficient (Wildman–Crippen LogP) is 11.1. The first kappa shape index (κ1) is 51.6. The molecule has 0 saturated carbocycles. The van der Waals surface area contributed by atoms with E-state index in [-0.39, 0.29) is 68.0 Å². The molecule has 2 atom stereocenters. The molecular weight excluding hydrogens is 970 g/mol. The van der Waals surface area contributed by atoms with Gasteiger partial charge in [0.1, 0.15) is 22.9 Å². The van der Waals surface area contributed by atoms with Crippen LogP contribution in [0.25, 0.3) is 0 Å². The Morgan fingerprint density at radius 1 is 0.552 bits per heavy atom. The summed E-state index contributed by atoms with van der Waals surface area (Å²) < 4.78 is 10.6. The molecule has 4 amide bonds. The minimum atomic E-state index is -1.63. The number of carbonyl (C=O) groups excluding carboxylic acids is 6. The van der Waals surface area contributed by atoms with Crippen molar-refractivity contribution in [2.75, 3.05) is 41.4 Å². The van der Waals surface area contributed by atoms with E-state index in [4.69, 9.17) is 67.5 Å². The van der Waals surface area contributed by atoms with E-state index in [9.17, 15) is 28.8 Å². The zero-order chi connectivity index (χ0) is 48.8. The van der Waals surface area contributed by atoms with Gasteiger partial charge in [-0.1, -0.05) is 35.3 Å². The van der Waals surface area contributed by atoms with E-state index in [2.05, 4.69) is 41.7 Å². The number of anilines is 4. The Morgan fingerprint density at radius 3 is 1.39 bits per heavy atom. The number of rotatable bonds is 20. The van der Waals surface area contributed by atoms with E-state index >= 15 is 0 Å². The van der Waals surface area contributed by atoms with E-state index < -0.39 is 47.3 Å². The van der Waals surface area contributed by atoms with Gasteiger partial charge in [0, 0.05) is 39.8 Å². The van der Waals surface area contributed by atoms with Crippen molar-refractivity contribution in [3.05, 3.63) is 129 Å². The second-order valence-corrected chi connectivity index (χ2v) is 15.9. The fraction of sp³-hybridized carbons (Fsp3) is 0.217. The molecule has 348 valence electrons. The Bertz CT molecular complexity index is 2770. The highest BCUT2D eigenvalue weighted by molar-refractivity contribution is 6.37. The van der Waals surface area contributed by atoms with Crippen LogP contribution in [0.15, 0.2) is 111 Å². The fourth-order valence-electron chi connectivity index (χ4n) is 6.25. The van der Waals surface area contributed by atoms with Crippen molar-refractivity contribution >= 4 is 127 Å². The molecule has 0 spiro atoms. The lowest BCUT2D eigenvalue weighted by Gasteiger charge is -2.16.